The summed E-state index contributed by atoms with van der Waals surface area (Å²) >= 11 is 0. The van der Waals surface area contributed by atoms with Crippen molar-refractivity contribution in [1.29, 1.82) is 0 Å². The molecule has 4 aliphatic carbocycles. The molecule has 1 saturated carbocycles. The smallest absolute Gasteiger partial charge is 0.255 e. The van der Waals surface area contributed by atoms with E-state index in [-0.39, 0.29) is 23.6 Å². The number of benzene rings is 2. The van der Waals surface area contributed by atoms with Gasteiger partial charge in [0.05, 0.1) is 40.8 Å². The molecule has 1 fully saturated rings. The number of likely N-dealkylation sites (N-methyl/N-ethyl adjacent to an activating group) is 1. The molecule has 2 amide bonds. The summed E-state index contributed by atoms with van der Waals surface area (Å²) in [5.41, 5.74) is 2.30. The molecule has 8 N–H and O–H groups in total. The highest BCUT2D eigenvalue weighted by Crippen LogP contribution is 2.66. The van der Waals surface area contributed by atoms with Crippen molar-refractivity contribution >= 4 is 52.8 Å². The minimum absolute atomic E-state index is 0.00545. The minimum Gasteiger partial charge on any atom is -0.508 e. The summed E-state index contributed by atoms with van der Waals surface area (Å²) in [7, 11) is 0.992. The van der Waals surface area contributed by atoms with E-state index in [9.17, 15) is 44.7 Å². The molecule has 13 nitrogen and oxygen atoms in total. The van der Waals surface area contributed by atoms with Crippen molar-refractivity contribution in [1.82, 2.24) is 9.88 Å². The first kappa shape index (κ1) is 47.5. The molecule has 1 aromatic heterocycles. The van der Waals surface area contributed by atoms with Crippen LogP contribution in [0.1, 0.15) is 95.1 Å². The lowest BCUT2D eigenvalue weighted by Crippen LogP contribution is -2.70. The van der Waals surface area contributed by atoms with Crippen LogP contribution >= 0.6 is 7.26 Å². The highest BCUT2D eigenvalue weighted by Gasteiger charge is 2.68. The van der Waals surface area contributed by atoms with Gasteiger partial charge in [-0.05, 0) is 81.6 Å². The lowest BCUT2D eigenvalue weighted by atomic mass is 9.54. The minimum atomic E-state index is -3.01. The first-order valence-electron chi connectivity index (χ1n) is 22.8. The molecule has 0 saturated heterocycles. The number of hydrogen-bond acceptors (Lipinski definition) is 11. The van der Waals surface area contributed by atoms with Crippen LogP contribution in [0.5, 0.6) is 5.75 Å². The summed E-state index contributed by atoms with van der Waals surface area (Å²) in [5, 5.41) is 63.7. The van der Waals surface area contributed by atoms with Crippen LogP contribution in [0.2, 0.25) is 0 Å². The van der Waals surface area contributed by atoms with Gasteiger partial charge in [-0.25, -0.2) is 4.98 Å². The number of aliphatic hydroxyl groups is 4. The van der Waals surface area contributed by atoms with Crippen LogP contribution in [-0.4, -0.2) is 96.8 Å². The number of Topliss-reactive ketones (excluding diaryl/α,β-unsaturated/α-hetero) is 2. The molecule has 0 spiro atoms. The molecule has 2 aromatic carbocycles. The number of aliphatic hydroxyl groups excluding tert-OH is 3. The summed E-state index contributed by atoms with van der Waals surface area (Å²) < 4.78 is 0. The quantitative estimate of drug-likeness (QED) is 0.0336. The van der Waals surface area contributed by atoms with Gasteiger partial charge in [-0.2, -0.15) is 0 Å². The second-order valence-electron chi connectivity index (χ2n) is 18.3. The number of pyridine rings is 1. The number of hydrogen-bond donors (Lipinski definition) is 7. The number of phenolic OH excluding ortho intramolecular Hbond substituents is 1. The van der Waals surface area contributed by atoms with Gasteiger partial charge >= 0.3 is 0 Å². The Labute approximate surface area is 381 Å². The Morgan fingerprint density at radius 3 is 2.20 bits per heavy atom. The van der Waals surface area contributed by atoms with Crippen LogP contribution in [-0.2, 0) is 19.2 Å². The van der Waals surface area contributed by atoms with E-state index in [0.29, 0.717) is 17.9 Å². The molecular formula is C51H62N4O9P+. The number of primary amides is 1. The number of rotatable bonds is 17. The number of nitrogens with one attached hydrogen (secondary N) is 1. The summed E-state index contributed by atoms with van der Waals surface area (Å²) in [5.74, 6) is -9.64. The third-order valence-corrected chi connectivity index (χ3v) is 18.8. The molecule has 7 rings (SSSR count). The topological polar surface area (TPSA) is 224 Å². The molecular weight excluding hydrogens is 844 g/mol. The number of fused-ring (bicyclic) bond motifs is 3. The number of allylic oxidation sites excluding steroid dienone is 4. The first-order valence-corrected chi connectivity index (χ1v) is 24.8. The maximum Gasteiger partial charge on any atom is 0.255 e. The lowest BCUT2D eigenvalue weighted by molar-refractivity contribution is -0.169. The van der Waals surface area contributed by atoms with E-state index in [1.165, 1.54) is 41.1 Å². The van der Waals surface area contributed by atoms with Crippen molar-refractivity contribution < 1.29 is 44.7 Å². The van der Waals surface area contributed by atoms with Gasteiger partial charge < -0.3 is 36.6 Å². The predicted octanol–water partition coefficient (Wildman–Crippen LogP) is 6.49. The Kier molecular flexibility index (Phi) is 14.3. The van der Waals surface area contributed by atoms with Gasteiger partial charge in [0, 0.05) is 36.1 Å². The average molecular weight is 906 g/mol. The second-order valence-corrected chi connectivity index (χ2v) is 21.9. The fraction of sp³-hybridized carbons (Fsp3) is 0.431. The number of carbonyl (C=O) groups is 4. The highest BCUT2D eigenvalue weighted by molar-refractivity contribution is 7.92. The summed E-state index contributed by atoms with van der Waals surface area (Å²) in [4.78, 5) is 59.5. The summed E-state index contributed by atoms with van der Waals surface area (Å²) in [6.07, 6.45) is 17.3. The van der Waals surface area contributed by atoms with E-state index in [1.54, 1.807) is 13.0 Å². The maximum absolute atomic E-state index is 14.3. The van der Waals surface area contributed by atoms with E-state index >= 15 is 0 Å². The Hall–Kier alpha value is -5.46. The summed E-state index contributed by atoms with van der Waals surface area (Å²) in [6, 6.07) is 18.9. The van der Waals surface area contributed by atoms with Crippen LogP contribution in [0.3, 0.4) is 0 Å². The molecule has 344 valence electrons. The Balaban J connectivity index is 0.945. The standard InChI is InChI=1S/C51H61N4O9P/c1-30-20-15-16-23-35(30)65(32-21-12-11-13-22-32,37-25-17-18-28-53-37)29-19-10-8-6-5-7-9-14-24-36(56)54-34-27-26-33-31(2)38-40(45(58)39(33)44(34)57)48(61)51(64)42(46(38)59)43(55(3)4)47(60)41(49(51)62)50(52)63/h11-13,15-18,21-23,25-28,30-31,38,42-43,46,59,64H,5-10,14,19-20,24,29H2,1-4H3,(H5-,52,54,56,57,58,60,61,62,63)/p+1/t30?,31-,38+,42+,43-,46-,51-,65?/m0/s1. The van der Waals surface area contributed by atoms with Gasteiger partial charge in [-0.3, -0.25) is 24.1 Å². The number of carbonyl (C=O) groups excluding carboxylic acids is 4. The van der Waals surface area contributed by atoms with Gasteiger partial charge in [-0.1, -0.05) is 88.4 Å². The number of phenols is 1. The van der Waals surface area contributed by atoms with Gasteiger partial charge in [0.1, 0.15) is 35.4 Å². The van der Waals surface area contributed by atoms with Crippen molar-refractivity contribution in [2.75, 3.05) is 25.6 Å². The molecule has 4 aliphatic rings. The van der Waals surface area contributed by atoms with Gasteiger partial charge in [-0.15, -0.1) is 0 Å². The molecule has 1 heterocycles. The highest BCUT2D eigenvalue weighted by atomic mass is 31.2. The maximum atomic E-state index is 14.3. The Morgan fingerprint density at radius 2 is 1.57 bits per heavy atom. The van der Waals surface area contributed by atoms with Crippen molar-refractivity contribution in [2.24, 2.45) is 23.5 Å². The van der Waals surface area contributed by atoms with E-state index in [4.69, 9.17) is 10.7 Å². The van der Waals surface area contributed by atoms with Crippen molar-refractivity contribution in [3.05, 3.63) is 118 Å². The lowest BCUT2D eigenvalue weighted by Gasteiger charge is -2.53. The van der Waals surface area contributed by atoms with E-state index in [2.05, 4.69) is 72.9 Å². The molecule has 8 atom stereocenters. The fourth-order valence-corrected chi connectivity index (χ4v) is 15.7. The number of nitrogens with zero attached hydrogens (tertiary/aromatic N) is 2. The van der Waals surface area contributed by atoms with Crippen LogP contribution in [0.25, 0.3) is 5.76 Å². The number of nitrogens with two attached hydrogens (primary N) is 1. The molecule has 0 aliphatic heterocycles. The van der Waals surface area contributed by atoms with Gasteiger partial charge in [0.2, 0.25) is 11.7 Å². The second kappa shape index (κ2) is 19.6. The molecule has 0 radical (unpaired) electrons. The average Bonchev–Trinajstić information content (AvgIpc) is 3.28. The fourth-order valence-electron chi connectivity index (χ4n) is 10.9. The molecule has 14 heteroatoms. The third-order valence-electron chi connectivity index (χ3n) is 14.1. The monoisotopic (exact) mass is 905 g/mol. The SMILES string of the molecule is CC1CC=CC=C1[P+](CCCCCCCCCCC(=O)Nc1ccc2c(c1O)C(O)=C1C(=O)[C@]3(O)C(O)=C(C(N)=O)C(=O)[C@@H](N(C)C)[C@@H]3[C@@H](O)[C@@H]1[C@H]2C)(c1ccccc1)c1ccccn1. The number of aromatic hydroxyl groups is 1. The van der Waals surface area contributed by atoms with Crippen LogP contribution in [0, 0.1) is 17.8 Å². The van der Waals surface area contributed by atoms with Gasteiger partial charge in [0.15, 0.2) is 16.8 Å². The van der Waals surface area contributed by atoms with Gasteiger partial charge in [0.25, 0.3) is 5.91 Å². The number of amides is 2. The van der Waals surface area contributed by atoms with Crippen LogP contribution in [0.15, 0.2) is 107 Å². The molecule has 2 unspecified atom stereocenters. The number of anilines is 1. The normalized spacial score (nSPS) is 26.0. The molecule has 3 aromatic rings. The number of unbranched alkanes of at least 4 members (excludes halogenated alkanes) is 7. The van der Waals surface area contributed by atoms with E-state index in [1.807, 2.05) is 12.3 Å². The van der Waals surface area contributed by atoms with Crippen LogP contribution < -0.4 is 21.8 Å². The predicted molar refractivity (Wildman–Crippen MR) is 253 cm³/mol. The van der Waals surface area contributed by atoms with Crippen LogP contribution in [0.4, 0.5) is 5.69 Å². The first-order chi connectivity index (χ1) is 31.1. The van der Waals surface area contributed by atoms with Crippen molar-refractivity contribution in [3.63, 3.8) is 0 Å². The van der Waals surface area contributed by atoms with Crippen molar-refractivity contribution in [2.45, 2.75) is 102 Å². The van der Waals surface area contributed by atoms with Crippen molar-refractivity contribution in [3.8, 4) is 5.75 Å². The van der Waals surface area contributed by atoms with E-state index in [0.717, 1.165) is 57.5 Å². The zero-order valence-electron chi connectivity index (χ0n) is 37.6. The number of aromatic nitrogens is 1. The Bertz CT molecular complexity index is 2410. The number of ketones is 2. The largest absolute Gasteiger partial charge is 0.508 e. The zero-order valence-corrected chi connectivity index (χ0v) is 38.5. The van der Waals surface area contributed by atoms with E-state index < -0.39 is 88.7 Å². The summed E-state index contributed by atoms with van der Waals surface area (Å²) in [6.45, 7) is 4.00. The third kappa shape index (κ3) is 8.48. The Morgan fingerprint density at radius 1 is 0.908 bits per heavy atom. The molecule has 65 heavy (non-hydrogen) atoms. The molecule has 0 bridgehead atoms. The zero-order chi connectivity index (χ0) is 46.8.